The van der Waals surface area contributed by atoms with Crippen molar-refractivity contribution in [2.45, 2.75) is 122 Å². The number of amides is 1. The normalized spacial score (nSPS) is 23.0. The number of hydrogen-bond donors (Lipinski definition) is 2. The van der Waals surface area contributed by atoms with Crippen LogP contribution in [0, 0.1) is 25.2 Å². The summed E-state index contributed by atoms with van der Waals surface area (Å²) in [5, 5.41) is 4.06. The van der Waals surface area contributed by atoms with Gasteiger partial charge in [-0.05, 0) is 116 Å². The van der Waals surface area contributed by atoms with Gasteiger partial charge in [-0.3, -0.25) is 14.5 Å². The van der Waals surface area contributed by atoms with Crippen molar-refractivity contribution < 1.29 is 9.53 Å². The highest BCUT2D eigenvalue weighted by molar-refractivity contribution is 7.98. The largest absolute Gasteiger partial charge is 0.376 e. The molecule has 2 aliphatic carbocycles. The van der Waals surface area contributed by atoms with E-state index in [0.717, 1.165) is 32.7 Å². The average molecular weight is 633 g/mol. The molecule has 1 aromatic carbocycles. The van der Waals surface area contributed by atoms with Gasteiger partial charge in [-0.25, -0.2) is 0 Å². The van der Waals surface area contributed by atoms with Crippen LogP contribution in [0.4, 0.5) is 0 Å². The number of H-pyrrole nitrogens is 1. The van der Waals surface area contributed by atoms with Gasteiger partial charge in [-0.1, -0.05) is 18.2 Å². The van der Waals surface area contributed by atoms with Crippen LogP contribution in [-0.4, -0.2) is 58.0 Å². The lowest BCUT2D eigenvalue weighted by atomic mass is 9.66. The number of fused-ring (bicyclic) bond motifs is 1. The number of likely N-dealkylation sites (tertiary alicyclic amines) is 1. The van der Waals surface area contributed by atoms with E-state index >= 15 is 0 Å². The molecule has 0 unspecified atom stereocenters. The monoisotopic (exact) mass is 632 g/mol. The van der Waals surface area contributed by atoms with Crippen molar-refractivity contribution in [2.24, 2.45) is 11.3 Å². The second-order valence-electron chi connectivity index (χ2n) is 14.5. The quantitative estimate of drug-likeness (QED) is 0.241. The third-order valence-electron chi connectivity index (χ3n) is 11.1. The predicted octanol–water partition coefficient (Wildman–Crippen LogP) is 7.39. The van der Waals surface area contributed by atoms with Gasteiger partial charge >= 0.3 is 0 Å². The highest BCUT2D eigenvalue weighted by atomic mass is 32.2. The third kappa shape index (κ3) is 6.52. The lowest BCUT2D eigenvalue weighted by Crippen LogP contribution is -2.61. The highest BCUT2D eigenvalue weighted by Crippen LogP contribution is 2.48. The Morgan fingerprint density at radius 1 is 1.07 bits per heavy atom. The zero-order chi connectivity index (χ0) is 31.9. The lowest BCUT2D eigenvalue weighted by Gasteiger charge is -2.57. The minimum Gasteiger partial charge on any atom is -0.376 e. The van der Waals surface area contributed by atoms with Gasteiger partial charge in [0.25, 0.3) is 11.5 Å². The molecule has 3 aliphatic rings. The number of ether oxygens (including phenoxy) is 1. The van der Waals surface area contributed by atoms with E-state index in [0.29, 0.717) is 41.2 Å². The van der Waals surface area contributed by atoms with Crippen molar-refractivity contribution in [1.29, 1.82) is 0 Å². The Morgan fingerprint density at radius 3 is 2.42 bits per heavy atom. The number of nitrogens with one attached hydrogen (secondary N) is 2. The average Bonchev–Trinajstić information content (AvgIpc) is 3.30. The summed E-state index contributed by atoms with van der Waals surface area (Å²) in [5.74, 6) is 0.461. The number of hydrogen-bond acceptors (Lipinski definition) is 5. The van der Waals surface area contributed by atoms with Gasteiger partial charge in [0.1, 0.15) is 0 Å². The summed E-state index contributed by atoms with van der Waals surface area (Å²) in [6.07, 6.45) is 12.8. The summed E-state index contributed by atoms with van der Waals surface area (Å²) in [5.41, 5.74) is 4.68. The Bertz CT molecular complexity index is 1570. The molecule has 45 heavy (non-hydrogen) atoms. The molecule has 8 heteroatoms. The van der Waals surface area contributed by atoms with Gasteiger partial charge in [0.05, 0.1) is 17.8 Å². The number of rotatable bonds is 9. The van der Waals surface area contributed by atoms with Gasteiger partial charge in [0.2, 0.25) is 0 Å². The van der Waals surface area contributed by atoms with Crippen LogP contribution in [0.2, 0.25) is 0 Å². The molecular weight excluding hydrogens is 580 g/mol. The summed E-state index contributed by atoms with van der Waals surface area (Å²) in [4.78, 5) is 33.0. The van der Waals surface area contributed by atoms with Crippen molar-refractivity contribution in [3.05, 3.63) is 63.2 Å². The van der Waals surface area contributed by atoms with Crippen LogP contribution in [-0.2, 0) is 11.3 Å². The van der Waals surface area contributed by atoms with Crippen LogP contribution in [0.5, 0.6) is 0 Å². The van der Waals surface area contributed by atoms with Gasteiger partial charge in [-0.2, -0.15) is 0 Å². The number of aryl methyl sites for hydroxylation is 1. The van der Waals surface area contributed by atoms with Gasteiger partial charge in [-0.15, -0.1) is 11.8 Å². The van der Waals surface area contributed by atoms with E-state index in [1.54, 1.807) is 0 Å². The Kier molecular flexibility index (Phi) is 9.56. The van der Waals surface area contributed by atoms with E-state index in [-0.39, 0.29) is 18.0 Å². The fraction of sp³-hybridized carbons (Fsp3) is 0.622. The van der Waals surface area contributed by atoms with Crippen molar-refractivity contribution in [1.82, 2.24) is 19.8 Å². The minimum atomic E-state index is -0.139. The molecule has 3 heterocycles. The summed E-state index contributed by atoms with van der Waals surface area (Å²) < 4.78 is 8.53. The maximum atomic E-state index is 13.7. The molecule has 0 bridgehead atoms. The third-order valence-corrected chi connectivity index (χ3v) is 11.9. The molecule has 1 aliphatic heterocycles. The Morgan fingerprint density at radius 2 is 1.76 bits per heavy atom. The van der Waals surface area contributed by atoms with Crippen LogP contribution < -0.4 is 10.9 Å². The van der Waals surface area contributed by atoms with E-state index in [2.05, 4.69) is 65.7 Å². The second kappa shape index (κ2) is 13.3. The molecule has 1 atom stereocenters. The van der Waals surface area contributed by atoms with Crippen LogP contribution in [0.1, 0.15) is 105 Å². The minimum absolute atomic E-state index is 0.123. The first kappa shape index (κ1) is 32.4. The topological polar surface area (TPSA) is 79.4 Å². The number of aromatic nitrogens is 2. The Balaban J connectivity index is 1.10. The van der Waals surface area contributed by atoms with E-state index in [9.17, 15) is 9.59 Å². The van der Waals surface area contributed by atoms with Crippen LogP contribution in [0.15, 0.2) is 40.0 Å². The molecule has 2 saturated carbocycles. The van der Waals surface area contributed by atoms with E-state index in [1.165, 1.54) is 76.2 Å². The van der Waals surface area contributed by atoms with Gasteiger partial charge in [0.15, 0.2) is 0 Å². The number of benzene rings is 1. The first-order chi connectivity index (χ1) is 21.6. The summed E-state index contributed by atoms with van der Waals surface area (Å²) >= 11 is 1.53. The number of para-hydroxylation sites is 1. The van der Waals surface area contributed by atoms with Crippen LogP contribution in [0.3, 0.4) is 0 Å². The Hall–Kier alpha value is -2.55. The fourth-order valence-electron chi connectivity index (χ4n) is 8.77. The molecular formula is C37H52N4O3S. The first-order valence-electron chi connectivity index (χ1n) is 17.1. The fourth-order valence-corrected chi connectivity index (χ4v) is 9.48. The van der Waals surface area contributed by atoms with E-state index < -0.39 is 0 Å². The number of nitrogens with zero attached hydrogens (tertiary/aromatic N) is 2. The SMILES string of the molecule is CSc1cc(C)[nH]c(=O)c1CNC(=O)c1c(C)n([C@H](C)C2CCC(N3CC4(CCC(OC(C)C)CC4)C3)CC2)c2ccccc12. The molecule has 1 amide bonds. The van der Waals surface area contributed by atoms with Crippen molar-refractivity contribution >= 4 is 28.6 Å². The zero-order valence-corrected chi connectivity index (χ0v) is 28.9. The summed E-state index contributed by atoms with van der Waals surface area (Å²) in [6, 6.07) is 11.3. The predicted molar refractivity (Wildman–Crippen MR) is 184 cm³/mol. The lowest BCUT2D eigenvalue weighted by molar-refractivity contribution is -0.102. The van der Waals surface area contributed by atoms with E-state index in [4.69, 9.17) is 4.74 Å². The van der Waals surface area contributed by atoms with Crippen LogP contribution >= 0.6 is 11.8 Å². The van der Waals surface area contributed by atoms with Crippen molar-refractivity contribution in [3.8, 4) is 0 Å². The van der Waals surface area contributed by atoms with Crippen LogP contribution in [0.25, 0.3) is 10.9 Å². The number of carbonyl (C=O) groups is 1. The molecule has 3 aromatic rings. The number of thioether (sulfide) groups is 1. The summed E-state index contributed by atoms with van der Waals surface area (Å²) in [6.45, 7) is 13.4. The second-order valence-corrected chi connectivity index (χ2v) is 15.3. The van der Waals surface area contributed by atoms with E-state index in [1.807, 2.05) is 25.3 Å². The molecule has 1 saturated heterocycles. The number of carbonyl (C=O) groups excluding carboxylic acids is 1. The molecule has 0 radical (unpaired) electrons. The molecule has 2 aromatic heterocycles. The highest BCUT2D eigenvalue weighted by Gasteiger charge is 2.48. The maximum absolute atomic E-state index is 13.7. The molecule has 1 spiro atoms. The standard InChI is InChI=1S/C37H52N4O3S/c1-23(2)44-29-15-17-37(18-16-29)21-40(22-37)28-13-11-27(12-14-28)25(4)41-26(5)34(30-9-7-8-10-32(30)41)36(43)38-20-31-33(45-6)19-24(3)39-35(31)42/h7-10,19,23,25,27-29H,11-18,20-22H2,1-6H3,(H,38,43)(H,39,42)/t25-,27?,28?/m1/s1. The zero-order valence-electron chi connectivity index (χ0n) is 28.1. The number of pyridine rings is 1. The molecule has 3 fully saturated rings. The van der Waals surface area contributed by atoms with Crippen molar-refractivity contribution in [3.63, 3.8) is 0 Å². The van der Waals surface area contributed by atoms with Gasteiger partial charge in [0, 0.05) is 64.5 Å². The smallest absolute Gasteiger partial charge is 0.254 e. The van der Waals surface area contributed by atoms with Gasteiger partial charge < -0.3 is 19.6 Å². The molecule has 7 nitrogen and oxygen atoms in total. The first-order valence-corrected chi connectivity index (χ1v) is 18.4. The summed E-state index contributed by atoms with van der Waals surface area (Å²) in [7, 11) is 0. The Labute approximate surface area is 272 Å². The molecule has 6 rings (SSSR count). The number of aromatic amines is 1. The van der Waals surface area contributed by atoms with Crippen molar-refractivity contribution in [2.75, 3.05) is 19.3 Å². The molecule has 244 valence electrons. The molecule has 2 N–H and O–H groups in total. The maximum Gasteiger partial charge on any atom is 0.254 e.